The molecule has 1 aliphatic rings. The number of nitrogens with one attached hydrogen (secondary N) is 1. The number of nitrogens with zero attached hydrogens (tertiary/aromatic N) is 2. The third-order valence-electron chi connectivity index (χ3n) is 4.08. The van der Waals surface area contributed by atoms with E-state index < -0.39 is 0 Å². The smallest absolute Gasteiger partial charge is 0.262 e. The highest BCUT2D eigenvalue weighted by Crippen LogP contribution is 2.21. The van der Waals surface area contributed by atoms with Gasteiger partial charge in [-0.1, -0.05) is 23.9 Å². The van der Waals surface area contributed by atoms with E-state index in [-0.39, 0.29) is 28.9 Å². The summed E-state index contributed by atoms with van der Waals surface area (Å²) in [6, 6.07) is 7.31. The van der Waals surface area contributed by atoms with Gasteiger partial charge in [-0.2, -0.15) is 0 Å². The molecule has 1 aromatic carbocycles. The molecule has 1 atom stereocenters. The van der Waals surface area contributed by atoms with Gasteiger partial charge in [0.15, 0.2) is 5.16 Å². The molecule has 0 radical (unpaired) electrons. The lowest BCUT2D eigenvalue weighted by molar-refractivity contribution is -0.119. The number of aromatic nitrogens is 2. The number of rotatable bonds is 5. The molecule has 1 aliphatic heterocycles. The van der Waals surface area contributed by atoms with Crippen LogP contribution in [-0.4, -0.2) is 39.5 Å². The van der Waals surface area contributed by atoms with Gasteiger partial charge >= 0.3 is 0 Å². The summed E-state index contributed by atoms with van der Waals surface area (Å²) in [4.78, 5) is 29.8. The summed E-state index contributed by atoms with van der Waals surface area (Å²) >= 11 is 1.29. The van der Waals surface area contributed by atoms with Crippen molar-refractivity contribution in [3.63, 3.8) is 0 Å². The number of thioether (sulfide) groups is 1. The van der Waals surface area contributed by atoms with Gasteiger partial charge in [0.2, 0.25) is 5.91 Å². The molecule has 1 aromatic heterocycles. The number of carbonyl (C=O) groups excluding carboxylic acids is 1. The number of benzene rings is 1. The van der Waals surface area contributed by atoms with Crippen LogP contribution in [0.5, 0.6) is 0 Å². The number of hydrogen-bond donors (Lipinski definition) is 1. The highest BCUT2D eigenvalue weighted by molar-refractivity contribution is 7.99. The van der Waals surface area contributed by atoms with Crippen LogP contribution in [0.15, 0.2) is 34.2 Å². The maximum atomic E-state index is 13.0. The van der Waals surface area contributed by atoms with Crippen molar-refractivity contribution in [2.45, 2.75) is 57.0 Å². The summed E-state index contributed by atoms with van der Waals surface area (Å²) in [5.74, 6) is 0.140. The molecule has 1 fully saturated rings. The van der Waals surface area contributed by atoms with Gasteiger partial charge in [0, 0.05) is 12.1 Å². The predicted octanol–water partition coefficient (Wildman–Crippen LogP) is 2.58. The number of para-hydroxylation sites is 1. The van der Waals surface area contributed by atoms with Crippen molar-refractivity contribution in [1.82, 2.24) is 14.9 Å². The molecule has 0 aliphatic carbocycles. The second-order valence-corrected chi connectivity index (χ2v) is 8.49. The van der Waals surface area contributed by atoms with Crippen LogP contribution in [0, 0.1) is 0 Å². The van der Waals surface area contributed by atoms with Crippen molar-refractivity contribution >= 4 is 28.6 Å². The Morgan fingerprint density at radius 3 is 2.85 bits per heavy atom. The first-order chi connectivity index (χ1) is 12.3. The quantitative estimate of drug-likeness (QED) is 0.642. The molecule has 0 unspecified atom stereocenters. The van der Waals surface area contributed by atoms with Gasteiger partial charge in [-0.15, -0.1) is 0 Å². The summed E-state index contributed by atoms with van der Waals surface area (Å²) < 4.78 is 7.35. The van der Waals surface area contributed by atoms with Gasteiger partial charge in [-0.3, -0.25) is 14.2 Å². The molecule has 0 saturated carbocycles. The largest absolute Gasteiger partial charge is 0.376 e. The molecule has 1 amide bonds. The molecule has 3 rings (SSSR count). The van der Waals surface area contributed by atoms with Crippen molar-refractivity contribution in [2.75, 3.05) is 12.4 Å². The summed E-state index contributed by atoms with van der Waals surface area (Å²) in [6.07, 6.45) is 1.98. The van der Waals surface area contributed by atoms with Crippen molar-refractivity contribution in [2.24, 2.45) is 0 Å². The van der Waals surface area contributed by atoms with E-state index in [1.165, 1.54) is 11.8 Å². The molecule has 1 saturated heterocycles. The summed E-state index contributed by atoms with van der Waals surface area (Å²) in [6.45, 7) is 7.03. The van der Waals surface area contributed by atoms with E-state index in [0.717, 1.165) is 19.4 Å². The Morgan fingerprint density at radius 1 is 1.38 bits per heavy atom. The molecule has 0 bridgehead atoms. The third-order valence-corrected chi connectivity index (χ3v) is 5.06. The molecule has 0 spiro atoms. The fraction of sp³-hybridized carbons (Fsp3) is 0.526. The topological polar surface area (TPSA) is 73.2 Å². The van der Waals surface area contributed by atoms with E-state index >= 15 is 0 Å². The van der Waals surface area contributed by atoms with Gasteiger partial charge in [0.1, 0.15) is 0 Å². The zero-order valence-corrected chi connectivity index (χ0v) is 16.3. The Labute approximate surface area is 157 Å². The minimum Gasteiger partial charge on any atom is -0.376 e. The molecule has 2 heterocycles. The Balaban J connectivity index is 1.88. The molecule has 140 valence electrons. The minimum atomic E-state index is -0.286. The summed E-state index contributed by atoms with van der Waals surface area (Å²) in [5, 5.41) is 4.09. The number of carbonyl (C=O) groups is 1. The number of ether oxygens (including phenoxy) is 1. The van der Waals surface area contributed by atoms with E-state index in [2.05, 4.69) is 10.3 Å². The minimum absolute atomic E-state index is 0.0263. The molecular formula is C19H25N3O3S. The predicted molar refractivity (Wildman–Crippen MR) is 104 cm³/mol. The molecular weight excluding hydrogens is 350 g/mol. The van der Waals surface area contributed by atoms with Gasteiger partial charge in [-0.25, -0.2) is 4.98 Å². The lowest BCUT2D eigenvalue weighted by atomic mass is 10.1. The van der Waals surface area contributed by atoms with E-state index in [0.29, 0.717) is 22.6 Å². The Morgan fingerprint density at radius 2 is 2.15 bits per heavy atom. The molecule has 26 heavy (non-hydrogen) atoms. The average molecular weight is 375 g/mol. The highest BCUT2D eigenvalue weighted by atomic mass is 32.2. The SMILES string of the molecule is CC(C)(C)NC(=O)CSc1nc2ccccc2c(=O)n1C[C@@H]1CCCO1. The van der Waals surface area contributed by atoms with Crippen LogP contribution in [-0.2, 0) is 16.1 Å². The molecule has 2 aromatic rings. The second-order valence-electron chi connectivity index (χ2n) is 7.55. The van der Waals surface area contributed by atoms with Gasteiger partial charge in [-0.05, 0) is 45.7 Å². The van der Waals surface area contributed by atoms with Crippen LogP contribution >= 0.6 is 11.8 Å². The van der Waals surface area contributed by atoms with Gasteiger partial charge < -0.3 is 10.1 Å². The normalized spacial score (nSPS) is 17.6. The Bertz CT molecular complexity index is 851. The van der Waals surface area contributed by atoms with E-state index in [4.69, 9.17) is 4.74 Å². The summed E-state index contributed by atoms with van der Waals surface area (Å²) in [7, 11) is 0. The van der Waals surface area contributed by atoms with Crippen LogP contribution in [0.2, 0.25) is 0 Å². The van der Waals surface area contributed by atoms with Crippen LogP contribution in [0.4, 0.5) is 0 Å². The molecule has 6 nitrogen and oxygen atoms in total. The number of fused-ring (bicyclic) bond motifs is 1. The van der Waals surface area contributed by atoms with Gasteiger partial charge in [0.25, 0.3) is 5.56 Å². The van der Waals surface area contributed by atoms with Gasteiger partial charge in [0.05, 0.1) is 29.3 Å². The fourth-order valence-electron chi connectivity index (χ4n) is 3.00. The lowest BCUT2D eigenvalue weighted by Gasteiger charge is -2.21. The van der Waals surface area contributed by atoms with Crippen LogP contribution in [0.1, 0.15) is 33.6 Å². The Kier molecular flexibility index (Phi) is 5.67. The second kappa shape index (κ2) is 7.80. The Hall–Kier alpha value is -1.86. The van der Waals surface area contributed by atoms with Crippen molar-refractivity contribution in [1.29, 1.82) is 0 Å². The zero-order chi connectivity index (χ0) is 18.7. The van der Waals surface area contributed by atoms with Crippen LogP contribution in [0.25, 0.3) is 10.9 Å². The van der Waals surface area contributed by atoms with E-state index in [1.807, 2.05) is 39.0 Å². The van der Waals surface area contributed by atoms with Crippen molar-refractivity contribution in [3.05, 3.63) is 34.6 Å². The van der Waals surface area contributed by atoms with Crippen molar-refractivity contribution in [3.8, 4) is 0 Å². The first kappa shape index (κ1) is 18.9. The third kappa shape index (κ3) is 4.65. The standard InChI is InChI=1S/C19H25N3O3S/c1-19(2,3)21-16(23)12-26-18-20-15-9-5-4-8-14(15)17(24)22(18)11-13-7-6-10-25-13/h4-5,8-9,13H,6-7,10-12H2,1-3H3,(H,21,23)/t13-/m0/s1. The average Bonchev–Trinajstić information content (AvgIpc) is 3.07. The monoisotopic (exact) mass is 375 g/mol. The number of amides is 1. The maximum absolute atomic E-state index is 13.0. The van der Waals surface area contributed by atoms with Crippen LogP contribution in [0.3, 0.4) is 0 Å². The number of hydrogen-bond acceptors (Lipinski definition) is 5. The lowest BCUT2D eigenvalue weighted by Crippen LogP contribution is -2.41. The zero-order valence-electron chi connectivity index (χ0n) is 15.4. The first-order valence-corrected chi connectivity index (χ1v) is 9.87. The fourth-order valence-corrected chi connectivity index (χ4v) is 3.80. The van der Waals surface area contributed by atoms with Crippen LogP contribution < -0.4 is 10.9 Å². The highest BCUT2D eigenvalue weighted by Gasteiger charge is 2.21. The molecule has 7 heteroatoms. The summed E-state index contributed by atoms with van der Waals surface area (Å²) in [5.41, 5.74) is 0.288. The van der Waals surface area contributed by atoms with E-state index in [9.17, 15) is 9.59 Å². The van der Waals surface area contributed by atoms with E-state index in [1.54, 1.807) is 10.6 Å². The van der Waals surface area contributed by atoms with Crippen molar-refractivity contribution < 1.29 is 9.53 Å². The first-order valence-electron chi connectivity index (χ1n) is 8.88. The maximum Gasteiger partial charge on any atom is 0.262 e. The molecule has 1 N–H and O–H groups in total.